The Kier molecular flexibility index (Phi) is 3.46. The van der Waals surface area contributed by atoms with E-state index in [0.717, 1.165) is 16.8 Å². The molecule has 1 N–H and O–H groups in total. The molecule has 1 aromatic carbocycles. The third kappa shape index (κ3) is 2.37. The van der Waals surface area contributed by atoms with Crippen LogP contribution in [0.15, 0.2) is 36.4 Å². The summed E-state index contributed by atoms with van der Waals surface area (Å²) in [5.41, 5.74) is 2.29. The molecule has 0 spiro atoms. The summed E-state index contributed by atoms with van der Waals surface area (Å²) in [5.74, 6) is 1.01. The van der Waals surface area contributed by atoms with Crippen molar-refractivity contribution < 1.29 is 14.6 Å². The van der Waals surface area contributed by atoms with Gasteiger partial charge in [-0.05, 0) is 18.6 Å². The normalized spacial score (nSPS) is 16.2. The summed E-state index contributed by atoms with van der Waals surface area (Å²) in [4.78, 5) is 13.7. The van der Waals surface area contributed by atoms with Crippen LogP contribution in [0, 0.1) is 6.92 Å². The highest BCUT2D eigenvalue weighted by molar-refractivity contribution is 5.90. The number of aryl methyl sites for hydroxylation is 2. The zero-order valence-corrected chi connectivity index (χ0v) is 12.6. The molecule has 0 radical (unpaired) electrons. The molecule has 1 aliphatic carbocycles. The minimum Gasteiger partial charge on any atom is -0.410 e. The number of carbonyl (C=O) groups is 1. The summed E-state index contributed by atoms with van der Waals surface area (Å²) < 4.78 is 7.05. The molecule has 0 saturated carbocycles. The lowest BCUT2D eigenvalue weighted by atomic mass is 10.1. The summed E-state index contributed by atoms with van der Waals surface area (Å²) >= 11 is 0. The second kappa shape index (κ2) is 5.31. The van der Waals surface area contributed by atoms with Gasteiger partial charge in [-0.2, -0.15) is 5.10 Å². The molecule has 22 heavy (non-hydrogen) atoms. The molecule has 1 aromatic heterocycles. The van der Waals surface area contributed by atoms with Crippen molar-refractivity contribution in [2.24, 2.45) is 7.05 Å². The average Bonchev–Trinajstić information content (AvgIpc) is 2.99. The number of nitrogens with zero attached hydrogens (tertiary/aromatic N) is 3. The lowest BCUT2D eigenvalue weighted by molar-refractivity contribution is 0.199. The molecular formula is C16H17N3O3. The van der Waals surface area contributed by atoms with E-state index in [1.165, 1.54) is 11.0 Å². The van der Waals surface area contributed by atoms with Crippen molar-refractivity contribution in [2.75, 3.05) is 11.9 Å². The number of benzene rings is 1. The minimum absolute atomic E-state index is 0.374. The van der Waals surface area contributed by atoms with E-state index in [1.807, 2.05) is 31.2 Å². The smallest absolute Gasteiger partial charge is 0.410 e. The standard InChI is InChI=1S/C16H17N3O3/c1-10-8-15(19(3)17-10)18(2)16(21)22-14-9-13(20)11-6-4-5-7-12(11)14/h4-9,13,20H,1-3H3. The quantitative estimate of drug-likeness (QED) is 0.924. The molecule has 0 bridgehead atoms. The monoisotopic (exact) mass is 299 g/mol. The molecule has 6 nitrogen and oxygen atoms in total. The highest BCUT2D eigenvalue weighted by Crippen LogP contribution is 2.35. The number of hydrogen-bond acceptors (Lipinski definition) is 4. The van der Waals surface area contributed by atoms with Gasteiger partial charge in [-0.1, -0.05) is 24.3 Å². The lowest BCUT2D eigenvalue weighted by Gasteiger charge is -2.17. The first-order chi connectivity index (χ1) is 10.5. The topological polar surface area (TPSA) is 67.6 Å². The van der Waals surface area contributed by atoms with Gasteiger partial charge < -0.3 is 9.84 Å². The number of anilines is 1. The number of fused-ring (bicyclic) bond motifs is 1. The largest absolute Gasteiger partial charge is 0.420 e. The fraction of sp³-hybridized carbons (Fsp3) is 0.250. The van der Waals surface area contributed by atoms with Crippen LogP contribution in [0.2, 0.25) is 0 Å². The Bertz CT molecular complexity index is 764. The molecule has 0 saturated heterocycles. The molecule has 1 heterocycles. The van der Waals surface area contributed by atoms with Gasteiger partial charge in [0.25, 0.3) is 0 Å². The Morgan fingerprint density at radius 2 is 2.14 bits per heavy atom. The van der Waals surface area contributed by atoms with Crippen LogP contribution in [0.1, 0.15) is 22.9 Å². The zero-order valence-electron chi connectivity index (χ0n) is 12.6. The van der Waals surface area contributed by atoms with Gasteiger partial charge in [-0.25, -0.2) is 4.79 Å². The van der Waals surface area contributed by atoms with E-state index in [9.17, 15) is 9.90 Å². The second-order valence-electron chi connectivity index (χ2n) is 5.26. The van der Waals surface area contributed by atoms with Gasteiger partial charge in [-0.15, -0.1) is 0 Å². The molecule has 1 unspecified atom stereocenters. The fourth-order valence-electron chi connectivity index (χ4n) is 2.56. The third-order valence-electron chi connectivity index (χ3n) is 3.65. The molecule has 1 amide bonds. The van der Waals surface area contributed by atoms with Crippen LogP contribution in [0.4, 0.5) is 10.6 Å². The molecule has 1 aliphatic rings. The van der Waals surface area contributed by atoms with Crippen LogP contribution in [0.25, 0.3) is 5.76 Å². The van der Waals surface area contributed by atoms with Crippen LogP contribution in [-0.4, -0.2) is 28.0 Å². The van der Waals surface area contributed by atoms with E-state index in [-0.39, 0.29) is 0 Å². The molecule has 0 fully saturated rings. The summed E-state index contributed by atoms with van der Waals surface area (Å²) in [6.45, 7) is 1.86. The van der Waals surface area contributed by atoms with E-state index < -0.39 is 12.2 Å². The van der Waals surface area contributed by atoms with Crippen LogP contribution in [-0.2, 0) is 11.8 Å². The molecule has 1 atom stereocenters. The number of aliphatic hydroxyl groups is 1. The van der Waals surface area contributed by atoms with E-state index in [4.69, 9.17) is 4.74 Å². The van der Waals surface area contributed by atoms with E-state index >= 15 is 0 Å². The van der Waals surface area contributed by atoms with Crippen LogP contribution in [0.5, 0.6) is 0 Å². The first kappa shape index (κ1) is 14.3. The van der Waals surface area contributed by atoms with Gasteiger partial charge >= 0.3 is 6.09 Å². The number of hydrogen-bond donors (Lipinski definition) is 1. The maximum atomic E-state index is 12.3. The van der Waals surface area contributed by atoms with Crippen molar-refractivity contribution in [3.05, 3.63) is 53.2 Å². The van der Waals surface area contributed by atoms with E-state index in [2.05, 4.69) is 5.10 Å². The molecule has 3 rings (SSSR count). The van der Waals surface area contributed by atoms with Crippen LogP contribution in [0.3, 0.4) is 0 Å². The van der Waals surface area contributed by atoms with Gasteiger partial charge in [0.05, 0.1) is 5.69 Å². The molecule has 6 heteroatoms. The van der Waals surface area contributed by atoms with Crippen molar-refractivity contribution in [1.29, 1.82) is 0 Å². The predicted molar refractivity (Wildman–Crippen MR) is 82.2 cm³/mol. The number of ether oxygens (including phenoxy) is 1. The van der Waals surface area contributed by atoms with Gasteiger partial charge in [0.15, 0.2) is 0 Å². The SMILES string of the molecule is Cc1cc(N(C)C(=O)OC2=CC(O)c3ccccc32)n(C)n1. The molecule has 0 aliphatic heterocycles. The maximum Gasteiger partial charge on any atom is 0.420 e. The van der Waals surface area contributed by atoms with Crippen molar-refractivity contribution >= 4 is 17.7 Å². The molecule has 114 valence electrons. The van der Waals surface area contributed by atoms with Crippen molar-refractivity contribution in [3.8, 4) is 0 Å². The van der Waals surface area contributed by atoms with E-state index in [1.54, 1.807) is 24.8 Å². The summed E-state index contributed by atoms with van der Waals surface area (Å²) in [5, 5.41) is 14.2. The average molecular weight is 299 g/mol. The Hall–Kier alpha value is -2.60. The van der Waals surface area contributed by atoms with Gasteiger partial charge in [0, 0.05) is 25.7 Å². The number of aliphatic hydroxyl groups excluding tert-OH is 1. The zero-order chi connectivity index (χ0) is 15.9. The Labute approximate surface area is 128 Å². The van der Waals surface area contributed by atoms with Gasteiger partial charge in [0.2, 0.25) is 0 Å². The lowest BCUT2D eigenvalue weighted by Crippen LogP contribution is -2.28. The van der Waals surface area contributed by atoms with Crippen LogP contribution < -0.4 is 4.90 Å². The molecule has 2 aromatic rings. The van der Waals surface area contributed by atoms with Gasteiger partial charge in [-0.3, -0.25) is 9.58 Å². The minimum atomic E-state index is -0.747. The summed E-state index contributed by atoms with van der Waals surface area (Å²) in [7, 11) is 3.39. The Morgan fingerprint density at radius 1 is 1.41 bits per heavy atom. The maximum absolute atomic E-state index is 12.3. The number of aromatic nitrogens is 2. The van der Waals surface area contributed by atoms with Crippen molar-refractivity contribution in [2.45, 2.75) is 13.0 Å². The van der Waals surface area contributed by atoms with Crippen molar-refractivity contribution in [3.63, 3.8) is 0 Å². The Balaban J connectivity index is 1.81. The number of rotatable bonds is 2. The first-order valence-electron chi connectivity index (χ1n) is 6.92. The number of amides is 1. The molecular weight excluding hydrogens is 282 g/mol. The van der Waals surface area contributed by atoms with Crippen molar-refractivity contribution in [1.82, 2.24) is 9.78 Å². The van der Waals surface area contributed by atoms with Crippen LogP contribution >= 0.6 is 0 Å². The second-order valence-corrected chi connectivity index (χ2v) is 5.26. The Morgan fingerprint density at radius 3 is 2.82 bits per heavy atom. The number of carbonyl (C=O) groups excluding carboxylic acids is 1. The predicted octanol–water partition coefficient (Wildman–Crippen LogP) is 2.39. The van der Waals surface area contributed by atoms with E-state index in [0.29, 0.717) is 11.6 Å². The van der Waals surface area contributed by atoms with Gasteiger partial charge in [0.1, 0.15) is 17.7 Å². The highest BCUT2D eigenvalue weighted by Gasteiger charge is 2.26. The first-order valence-corrected chi connectivity index (χ1v) is 6.92. The summed E-state index contributed by atoms with van der Waals surface area (Å²) in [6, 6.07) is 9.11. The third-order valence-corrected chi connectivity index (χ3v) is 3.65. The fourth-order valence-corrected chi connectivity index (χ4v) is 2.56. The highest BCUT2D eigenvalue weighted by atomic mass is 16.6. The summed E-state index contributed by atoms with van der Waals surface area (Å²) in [6.07, 6.45) is 0.256.